The Hall–Kier alpha value is -0.260. The smallest absolute Gasteiger partial charge is 0.185 e. The van der Waals surface area contributed by atoms with Crippen molar-refractivity contribution < 1.29 is 0 Å². The lowest BCUT2D eigenvalue weighted by Crippen LogP contribution is -2.29. The highest BCUT2D eigenvalue weighted by Crippen LogP contribution is 2.44. The maximum atomic E-state index is 4.98. The van der Waals surface area contributed by atoms with E-state index in [-0.39, 0.29) is 0 Å². The lowest BCUT2D eigenvalue weighted by molar-refractivity contribution is 0.665. The third-order valence-corrected chi connectivity index (χ3v) is 5.90. The number of rotatable bonds is 10. The number of thiazole rings is 1. The first-order valence-corrected chi connectivity index (χ1v) is 10.3. The highest BCUT2D eigenvalue weighted by Gasteiger charge is 2.30. The molecule has 0 amide bonds. The molecule has 1 saturated carbocycles. The number of anilines is 1. The van der Waals surface area contributed by atoms with E-state index in [1.807, 2.05) is 23.1 Å². The summed E-state index contributed by atoms with van der Waals surface area (Å²) in [6.45, 7) is 6.61. The molecular formula is C16H29N3S2. The molecule has 2 rings (SSSR count). The molecule has 1 N–H and O–H groups in total. The maximum absolute atomic E-state index is 4.98. The van der Waals surface area contributed by atoms with Crippen LogP contribution in [0.3, 0.4) is 0 Å². The third-order valence-electron chi connectivity index (χ3n) is 4.10. The van der Waals surface area contributed by atoms with Crippen molar-refractivity contribution in [2.24, 2.45) is 0 Å². The van der Waals surface area contributed by atoms with E-state index in [0.29, 0.717) is 6.04 Å². The lowest BCUT2D eigenvalue weighted by Gasteiger charge is -2.23. The van der Waals surface area contributed by atoms with Crippen molar-refractivity contribution in [2.45, 2.75) is 58.0 Å². The SMILES string of the molecule is CCCNCc1sc(N(C)C(C)CCSC)nc1C1CC1. The van der Waals surface area contributed by atoms with Crippen molar-refractivity contribution in [3.63, 3.8) is 0 Å². The van der Waals surface area contributed by atoms with E-state index in [1.54, 1.807) is 0 Å². The minimum atomic E-state index is 0.562. The van der Waals surface area contributed by atoms with Crippen molar-refractivity contribution in [1.29, 1.82) is 0 Å². The van der Waals surface area contributed by atoms with Crippen LogP contribution in [0.4, 0.5) is 5.13 Å². The van der Waals surface area contributed by atoms with Crippen LogP contribution in [0.1, 0.15) is 56.0 Å². The van der Waals surface area contributed by atoms with Crippen LogP contribution in [-0.4, -0.2) is 36.6 Å². The van der Waals surface area contributed by atoms with Crippen LogP contribution >= 0.6 is 23.1 Å². The van der Waals surface area contributed by atoms with E-state index in [2.05, 4.69) is 37.4 Å². The van der Waals surface area contributed by atoms with Gasteiger partial charge in [0.25, 0.3) is 0 Å². The molecule has 3 nitrogen and oxygen atoms in total. The summed E-state index contributed by atoms with van der Waals surface area (Å²) in [6, 6.07) is 0.562. The number of nitrogens with zero attached hydrogens (tertiary/aromatic N) is 2. The van der Waals surface area contributed by atoms with Gasteiger partial charge in [0.15, 0.2) is 5.13 Å². The van der Waals surface area contributed by atoms with Crippen LogP contribution < -0.4 is 10.2 Å². The second-order valence-electron chi connectivity index (χ2n) is 6.00. The summed E-state index contributed by atoms with van der Waals surface area (Å²) in [5, 5.41) is 4.75. The number of hydrogen-bond donors (Lipinski definition) is 1. The Labute approximate surface area is 137 Å². The largest absolute Gasteiger partial charge is 0.348 e. The molecule has 0 aromatic carbocycles. The maximum Gasteiger partial charge on any atom is 0.185 e. The molecule has 21 heavy (non-hydrogen) atoms. The Morgan fingerprint density at radius 2 is 2.24 bits per heavy atom. The van der Waals surface area contributed by atoms with Crippen molar-refractivity contribution >= 4 is 28.2 Å². The van der Waals surface area contributed by atoms with Gasteiger partial charge in [0.2, 0.25) is 0 Å². The number of aromatic nitrogens is 1. The third kappa shape index (κ3) is 4.86. The first kappa shape index (κ1) is 17.1. The van der Waals surface area contributed by atoms with E-state index in [9.17, 15) is 0 Å². The molecule has 1 aromatic rings. The van der Waals surface area contributed by atoms with E-state index >= 15 is 0 Å². The van der Waals surface area contributed by atoms with E-state index < -0.39 is 0 Å². The van der Waals surface area contributed by atoms with Crippen LogP contribution in [0.5, 0.6) is 0 Å². The molecule has 1 aromatic heterocycles. The zero-order valence-corrected chi connectivity index (χ0v) is 15.4. The lowest BCUT2D eigenvalue weighted by atomic mass is 10.2. The van der Waals surface area contributed by atoms with Gasteiger partial charge >= 0.3 is 0 Å². The average molecular weight is 328 g/mol. The summed E-state index contributed by atoms with van der Waals surface area (Å²) in [5.41, 5.74) is 1.38. The van der Waals surface area contributed by atoms with Gasteiger partial charge in [0.05, 0.1) is 5.69 Å². The summed E-state index contributed by atoms with van der Waals surface area (Å²) < 4.78 is 0. The number of nitrogens with one attached hydrogen (secondary N) is 1. The van der Waals surface area contributed by atoms with Gasteiger partial charge in [-0.2, -0.15) is 11.8 Å². The quantitative estimate of drug-likeness (QED) is 0.655. The molecule has 0 radical (unpaired) electrons. The standard InChI is InChI=1S/C16H29N3S2/c1-5-9-17-11-14-15(13-6-7-13)18-16(21-14)19(3)12(2)8-10-20-4/h12-13,17H,5-11H2,1-4H3. The fourth-order valence-corrected chi connectivity index (χ4v) is 4.11. The molecular weight excluding hydrogens is 298 g/mol. The summed E-state index contributed by atoms with van der Waals surface area (Å²) >= 11 is 3.82. The molecule has 0 aliphatic heterocycles. The van der Waals surface area contributed by atoms with Gasteiger partial charge in [0, 0.05) is 30.4 Å². The summed E-state index contributed by atoms with van der Waals surface area (Å²) in [4.78, 5) is 8.81. The monoisotopic (exact) mass is 327 g/mol. The molecule has 120 valence electrons. The van der Waals surface area contributed by atoms with E-state index in [0.717, 1.165) is 19.0 Å². The van der Waals surface area contributed by atoms with E-state index in [4.69, 9.17) is 4.98 Å². The number of thioether (sulfide) groups is 1. The molecule has 1 aliphatic carbocycles. The Kier molecular flexibility index (Phi) is 6.83. The zero-order valence-electron chi connectivity index (χ0n) is 13.8. The van der Waals surface area contributed by atoms with Gasteiger partial charge in [-0.15, -0.1) is 11.3 Å². The normalized spacial score (nSPS) is 16.2. The van der Waals surface area contributed by atoms with Crippen molar-refractivity contribution in [1.82, 2.24) is 10.3 Å². The van der Waals surface area contributed by atoms with Crippen molar-refractivity contribution in [3.05, 3.63) is 10.6 Å². The van der Waals surface area contributed by atoms with Crippen molar-refractivity contribution in [3.8, 4) is 0 Å². The van der Waals surface area contributed by atoms with E-state index in [1.165, 1.54) is 47.1 Å². The minimum Gasteiger partial charge on any atom is -0.348 e. The topological polar surface area (TPSA) is 28.2 Å². The second kappa shape index (κ2) is 8.39. The summed E-state index contributed by atoms with van der Waals surface area (Å²) in [6.07, 6.45) is 7.25. The average Bonchev–Trinajstić information content (AvgIpc) is 3.25. The molecule has 0 bridgehead atoms. The van der Waals surface area contributed by atoms with Crippen LogP contribution in [-0.2, 0) is 6.54 Å². The molecule has 1 atom stereocenters. The fraction of sp³-hybridized carbons (Fsp3) is 0.812. The molecule has 0 spiro atoms. The first-order valence-electron chi connectivity index (χ1n) is 8.09. The minimum absolute atomic E-state index is 0.562. The Morgan fingerprint density at radius 1 is 1.48 bits per heavy atom. The highest BCUT2D eigenvalue weighted by molar-refractivity contribution is 7.98. The molecule has 1 heterocycles. The molecule has 0 saturated heterocycles. The predicted molar refractivity (Wildman–Crippen MR) is 97.0 cm³/mol. The van der Waals surface area contributed by atoms with Gasteiger partial charge in [-0.3, -0.25) is 0 Å². The second-order valence-corrected chi connectivity index (χ2v) is 8.04. The van der Waals surface area contributed by atoms with Crippen LogP contribution in [0, 0.1) is 0 Å². The number of hydrogen-bond acceptors (Lipinski definition) is 5. The van der Waals surface area contributed by atoms with Gasteiger partial charge < -0.3 is 10.2 Å². The van der Waals surface area contributed by atoms with Gasteiger partial charge in [0.1, 0.15) is 0 Å². The predicted octanol–water partition coefficient (Wildman–Crippen LogP) is 4.10. The zero-order chi connectivity index (χ0) is 15.2. The molecule has 5 heteroatoms. The van der Waals surface area contributed by atoms with Gasteiger partial charge in [-0.05, 0) is 51.2 Å². The Bertz CT molecular complexity index is 429. The van der Waals surface area contributed by atoms with Crippen molar-refractivity contribution in [2.75, 3.05) is 30.5 Å². The molecule has 1 aliphatic rings. The highest BCUT2D eigenvalue weighted by atomic mass is 32.2. The fourth-order valence-electron chi connectivity index (χ4n) is 2.35. The van der Waals surface area contributed by atoms with Gasteiger partial charge in [-0.25, -0.2) is 4.98 Å². The summed E-state index contributed by atoms with van der Waals surface area (Å²) in [5.74, 6) is 1.96. The summed E-state index contributed by atoms with van der Waals surface area (Å²) in [7, 11) is 2.20. The Morgan fingerprint density at radius 3 is 2.86 bits per heavy atom. The van der Waals surface area contributed by atoms with Crippen LogP contribution in [0.2, 0.25) is 0 Å². The molecule has 1 unspecified atom stereocenters. The molecule has 1 fully saturated rings. The van der Waals surface area contributed by atoms with Crippen LogP contribution in [0.25, 0.3) is 0 Å². The van der Waals surface area contributed by atoms with Gasteiger partial charge in [-0.1, -0.05) is 6.92 Å². The van der Waals surface area contributed by atoms with Crippen LogP contribution in [0.15, 0.2) is 0 Å². The Balaban J connectivity index is 2.03. The first-order chi connectivity index (χ1) is 10.2.